The van der Waals surface area contributed by atoms with Crippen LogP contribution in [0.3, 0.4) is 0 Å². The Morgan fingerprint density at radius 2 is 2.13 bits per heavy atom. The van der Waals surface area contributed by atoms with Crippen molar-refractivity contribution in [2.45, 2.75) is 26.2 Å². The lowest BCUT2D eigenvalue weighted by Crippen LogP contribution is -2.08. The number of halogens is 2. The van der Waals surface area contributed by atoms with Crippen molar-refractivity contribution in [3.05, 3.63) is 34.1 Å². The molecule has 1 unspecified atom stereocenters. The van der Waals surface area contributed by atoms with Gasteiger partial charge in [-0.05, 0) is 29.7 Å². The Kier molecular flexibility index (Phi) is 4.28. The van der Waals surface area contributed by atoms with Crippen LogP contribution in [0, 0.1) is 23.1 Å². The van der Waals surface area contributed by atoms with Gasteiger partial charge in [0.2, 0.25) is 0 Å². The fraction of sp³-hybridized carbons (Fsp3) is 0.417. The van der Waals surface area contributed by atoms with Gasteiger partial charge >= 0.3 is 0 Å². The SMILES string of the molecule is CC(C)C(CC#N)c1cc(Br)ccc1F. The van der Waals surface area contributed by atoms with Gasteiger partial charge in [0.1, 0.15) is 5.82 Å². The Hall–Kier alpha value is -0.880. The first kappa shape index (κ1) is 12.2. The number of hydrogen-bond donors (Lipinski definition) is 0. The second kappa shape index (κ2) is 5.27. The molecule has 0 aromatic heterocycles. The third-order valence-electron chi connectivity index (χ3n) is 2.47. The predicted molar refractivity (Wildman–Crippen MR) is 61.9 cm³/mol. The fourth-order valence-electron chi connectivity index (χ4n) is 1.60. The molecular formula is C12H13BrFN. The minimum Gasteiger partial charge on any atom is -0.207 e. The Morgan fingerprint density at radius 1 is 1.47 bits per heavy atom. The van der Waals surface area contributed by atoms with Crippen LogP contribution in [0.5, 0.6) is 0 Å². The first-order valence-corrected chi connectivity index (χ1v) is 5.67. The van der Waals surface area contributed by atoms with E-state index in [0.717, 1.165) is 4.47 Å². The average Bonchev–Trinajstić information content (AvgIpc) is 2.18. The smallest absolute Gasteiger partial charge is 0.126 e. The van der Waals surface area contributed by atoms with E-state index in [2.05, 4.69) is 22.0 Å². The Bertz CT molecular complexity index is 382. The van der Waals surface area contributed by atoms with Crippen molar-refractivity contribution < 1.29 is 4.39 Å². The molecule has 0 heterocycles. The first-order valence-electron chi connectivity index (χ1n) is 4.88. The Balaban J connectivity index is 3.11. The summed E-state index contributed by atoms with van der Waals surface area (Å²) in [4.78, 5) is 0. The van der Waals surface area contributed by atoms with Crippen LogP contribution in [0.25, 0.3) is 0 Å². The summed E-state index contributed by atoms with van der Waals surface area (Å²) in [6, 6.07) is 6.98. The van der Waals surface area contributed by atoms with Crippen LogP contribution in [0.2, 0.25) is 0 Å². The van der Waals surface area contributed by atoms with E-state index in [4.69, 9.17) is 5.26 Å². The van der Waals surface area contributed by atoms with E-state index in [1.54, 1.807) is 12.1 Å². The van der Waals surface area contributed by atoms with Crippen LogP contribution >= 0.6 is 15.9 Å². The first-order chi connectivity index (χ1) is 7.06. The molecule has 0 saturated heterocycles. The summed E-state index contributed by atoms with van der Waals surface area (Å²) in [5.74, 6) is -0.00639. The molecule has 1 rings (SSSR count). The van der Waals surface area contributed by atoms with Crippen LogP contribution in [0.4, 0.5) is 4.39 Å². The van der Waals surface area contributed by atoms with Crippen molar-refractivity contribution in [1.29, 1.82) is 5.26 Å². The largest absolute Gasteiger partial charge is 0.207 e. The van der Waals surface area contributed by atoms with E-state index < -0.39 is 0 Å². The highest BCUT2D eigenvalue weighted by Gasteiger charge is 2.19. The summed E-state index contributed by atoms with van der Waals surface area (Å²) in [7, 11) is 0. The highest BCUT2D eigenvalue weighted by molar-refractivity contribution is 9.10. The van der Waals surface area contributed by atoms with Gasteiger partial charge in [0, 0.05) is 16.8 Å². The van der Waals surface area contributed by atoms with Gasteiger partial charge in [-0.15, -0.1) is 0 Å². The van der Waals surface area contributed by atoms with Gasteiger partial charge in [-0.3, -0.25) is 0 Å². The molecule has 1 aromatic carbocycles. The maximum atomic E-state index is 13.6. The molecule has 0 N–H and O–H groups in total. The summed E-state index contributed by atoms with van der Waals surface area (Å²) in [5.41, 5.74) is 0.626. The molecule has 1 aromatic rings. The molecule has 0 aliphatic rings. The second-order valence-electron chi connectivity index (χ2n) is 3.88. The molecule has 0 spiro atoms. The molecule has 0 amide bonds. The third kappa shape index (κ3) is 3.04. The molecule has 1 nitrogen and oxygen atoms in total. The topological polar surface area (TPSA) is 23.8 Å². The number of nitrogens with zero attached hydrogens (tertiary/aromatic N) is 1. The summed E-state index contributed by atoms with van der Waals surface area (Å²) >= 11 is 3.32. The molecule has 80 valence electrons. The van der Waals surface area contributed by atoms with Crippen LogP contribution in [0.15, 0.2) is 22.7 Å². The van der Waals surface area contributed by atoms with Gasteiger partial charge < -0.3 is 0 Å². The Labute approximate surface area is 98.0 Å². The molecular weight excluding hydrogens is 257 g/mol. The minimum atomic E-state index is -0.229. The van der Waals surface area contributed by atoms with Crippen LogP contribution < -0.4 is 0 Å². The summed E-state index contributed by atoms with van der Waals surface area (Å²) in [6.07, 6.45) is 0.352. The molecule has 15 heavy (non-hydrogen) atoms. The van der Waals surface area contributed by atoms with Crippen LogP contribution in [0.1, 0.15) is 31.7 Å². The quantitative estimate of drug-likeness (QED) is 0.805. The fourth-order valence-corrected chi connectivity index (χ4v) is 1.98. The van der Waals surface area contributed by atoms with Gasteiger partial charge in [0.05, 0.1) is 6.07 Å². The monoisotopic (exact) mass is 269 g/mol. The Morgan fingerprint density at radius 3 is 2.67 bits per heavy atom. The van der Waals surface area contributed by atoms with E-state index in [-0.39, 0.29) is 17.7 Å². The zero-order valence-corrected chi connectivity index (χ0v) is 10.4. The standard InChI is InChI=1S/C12H13BrFN/c1-8(2)10(5-6-15)11-7-9(13)3-4-12(11)14/h3-4,7-8,10H,5H2,1-2H3. The maximum Gasteiger partial charge on any atom is 0.126 e. The van der Waals surface area contributed by atoms with Gasteiger partial charge in [0.15, 0.2) is 0 Å². The summed E-state index contributed by atoms with van der Waals surface area (Å²) in [5, 5.41) is 8.72. The van der Waals surface area contributed by atoms with Gasteiger partial charge in [0.25, 0.3) is 0 Å². The maximum absolute atomic E-state index is 13.6. The number of nitriles is 1. The molecule has 0 saturated carbocycles. The second-order valence-corrected chi connectivity index (χ2v) is 4.79. The molecule has 0 bridgehead atoms. The normalized spacial score (nSPS) is 12.5. The average molecular weight is 270 g/mol. The summed E-state index contributed by atoms with van der Waals surface area (Å²) in [6.45, 7) is 4.00. The number of benzene rings is 1. The highest BCUT2D eigenvalue weighted by atomic mass is 79.9. The van der Waals surface area contributed by atoms with Crippen molar-refractivity contribution in [2.24, 2.45) is 5.92 Å². The molecule has 0 radical (unpaired) electrons. The minimum absolute atomic E-state index is 0.0347. The van der Waals surface area contributed by atoms with Crippen molar-refractivity contribution in [3.8, 4) is 6.07 Å². The van der Waals surface area contributed by atoms with Crippen molar-refractivity contribution >= 4 is 15.9 Å². The zero-order chi connectivity index (χ0) is 11.4. The van der Waals surface area contributed by atoms with E-state index in [1.165, 1.54) is 6.07 Å². The molecule has 0 aliphatic carbocycles. The van der Waals surface area contributed by atoms with E-state index in [0.29, 0.717) is 12.0 Å². The van der Waals surface area contributed by atoms with Gasteiger partial charge in [-0.2, -0.15) is 5.26 Å². The summed E-state index contributed by atoms with van der Waals surface area (Å²) < 4.78 is 14.4. The predicted octanol–water partition coefficient (Wildman–Crippen LogP) is 4.24. The molecule has 0 aliphatic heterocycles. The van der Waals surface area contributed by atoms with Crippen molar-refractivity contribution in [3.63, 3.8) is 0 Å². The van der Waals surface area contributed by atoms with Gasteiger partial charge in [-0.25, -0.2) is 4.39 Å². The van der Waals surface area contributed by atoms with E-state index in [9.17, 15) is 4.39 Å². The molecule has 3 heteroatoms. The van der Waals surface area contributed by atoms with Crippen molar-refractivity contribution in [2.75, 3.05) is 0 Å². The number of rotatable bonds is 3. The van der Waals surface area contributed by atoms with Gasteiger partial charge in [-0.1, -0.05) is 29.8 Å². The highest BCUT2D eigenvalue weighted by Crippen LogP contribution is 2.31. The van der Waals surface area contributed by atoms with Crippen molar-refractivity contribution in [1.82, 2.24) is 0 Å². The van der Waals surface area contributed by atoms with Crippen LogP contribution in [-0.2, 0) is 0 Å². The van der Waals surface area contributed by atoms with E-state index >= 15 is 0 Å². The van der Waals surface area contributed by atoms with Crippen LogP contribution in [-0.4, -0.2) is 0 Å². The third-order valence-corrected chi connectivity index (χ3v) is 2.97. The molecule has 1 atom stereocenters. The zero-order valence-electron chi connectivity index (χ0n) is 8.80. The lowest BCUT2D eigenvalue weighted by Gasteiger charge is -2.19. The molecule has 0 fully saturated rings. The van der Waals surface area contributed by atoms with E-state index in [1.807, 2.05) is 13.8 Å². The lowest BCUT2D eigenvalue weighted by atomic mass is 9.86. The lowest BCUT2D eigenvalue weighted by molar-refractivity contribution is 0.478. The number of hydrogen-bond acceptors (Lipinski definition) is 1.